The Kier molecular flexibility index (Phi) is 6.35. The fourth-order valence-electron chi connectivity index (χ4n) is 2.86. The molecule has 0 heterocycles. The number of rotatable bonds is 5. The lowest BCUT2D eigenvalue weighted by atomic mass is 9.77. The highest BCUT2D eigenvalue weighted by atomic mass is 35.5. The largest absolute Gasteiger partial charge is 0.482 e. The van der Waals surface area contributed by atoms with Crippen LogP contribution in [-0.4, -0.2) is 31.1 Å². The molecule has 1 aliphatic rings. The fraction of sp³-hybridized carbons (Fsp3) is 0.529. The molecule has 1 aliphatic carbocycles. The van der Waals surface area contributed by atoms with Gasteiger partial charge in [-0.05, 0) is 43.7 Å². The van der Waals surface area contributed by atoms with Crippen molar-refractivity contribution in [1.29, 1.82) is 0 Å². The van der Waals surface area contributed by atoms with Crippen molar-refractivity contribution < 1.29 is 19.1 Å². The number of carbonyl (C=O) groups is 2. The van der Waals surface area contributed by atoms with E-state index in [1.54, 1.807) is 12.1 Å². The van der Waals surface area contributed by atoms with E-state index in [-0.39, 0.29) is 6.61 Å². The van der Waals surface area contributed by atoms with E-state index in [2.05, 4.69) is 12.2 Å². The zero-order valence-corrected chi connectivity index (χ0v) is 15.2. The SMILES string of the molecule is COC(=O)C1(NC(=O)COc2cc(Cl)ccc2Cl)CCC(C)CC1. The minimum atomic E-state index is -0.972. The normalized spacial score (nSPS) is 23.4. The Morgan fingerprint density at radius 3 is 2.58 bits per heavy atom. The maximum Gasteiger partial charge on any atom is 0.331 e. The second-order valence-corrected chi connectivity index (χ2v) is 7.01. The summed E-state index contributed by atoms with van der Waals surface area (Å²) in [5.74, 6) is 0.0411. The third-order valence-corrected chi connectivity index (χ3v) is 4.88. The topological polar surface area (TPSA) is 64.6 Å². The van der Waals surface area contributed by atoms with Crippen LogP contribution >= 0.6 is 23.2 Å². The van der Waals surface area contributed by atoms with E-state index in [9.17, 15) is 9.59 Å². The summed E-state index contributed by atoms with van der Waals surface area (Å²) in [4.78, 5) is 24.5. The van der Waals surface area contributed by atoms with Gasteiger partial charge in [-0.15, -0.1) is 0 Å². The van der Waals surface area contributed by atoms with Crippen LogP contribution in [0.2, 0.25) is 10.0 Å². The second kappa shape index (κ2) is 8.08. The molecule has 1 fully saturated rings. The van der Waals surface area contributed by atoms with Crippen LogP contribution < -0.4 is 10.1 Å². The molecule has 2 rings (SSSR count). The molecule has 0 atom stereocenters. The van der Waals surface area contributed by atoms with Crippen molar-refractivity contribution in [3.63, 3.8) is 0 Å². The number of hydrogen-bond donors (Lipinski definition) is 1. The summed E-state index contributed by atoms with van der Waals surface area (Å²) in [5, 5.41) is 3.62. The fourth-order valence-corrected chi connectivity index (χ4v) is 3.20. The first kappa shape index (κ1) is 18.9. The number of ether oxygens (including phenoxy) is 2. The van der Waals surface area contributed by atoms with Gasteiger partial charge in [-0.2, -0.15) is 0 Å². The average molecular weight is 374 g/mol. The minimum absolute atomic E-state index is 0.256. The molecule has 5 nitrogen and oxygen atoms in total. The van der Waals surface area contributed by atoms with E-state index in [4.69, 9.17) is 32.7 Å². The van der Waals surface area contributed by atoms with Crippen LogP contribution in [0.3, 0.4) is 0 Å². The van der Waals surface area contributed by atoms with Crippen molar-refractivity contribution in [1.82, 2.24) is 5.32 Å². The van der Waals surface area contributed by atoms with Crippen molar-refractivity contribution in [3.8, 4) is 5.75 Å². The van der Waals surface area contributed by atoms with Crippen LogP contribution in [0.25, 0.3) is 0 Å². The maximum atomic E-state index is 12.3. The predicted octanol–water partition coefficient (Wildman–Crippen LogP) is 3.61. The van der Waals surface area contributed by atoms with Gasteiger partial charge in [-0.25, -0.2) is 4.79 Å². The predicted molar refractivity (Wildman–Crippen MR) is 92.5 cm³/mol. The molecule has 1 amide bonds. The van der Waals surface area contributed by atoms with Crippen molar-refractivity contribution in [3.05, 3.63) is 28.2 Å². The van der Waals surface area contributed by atoms with Gasteiger partial charge in [0.15, 0.2) is 6.61 Å². The average Bonchev–Trinajstić information content (AvgIpc) is 2.57. The van der Waals surface area contributed by atoms with Crippen molar-refractivity contribution in [2.24, 2.45) is 5.92 Å². The molecule has 0 unspecified atom stereocenters. The molecular weight excluding hydrogens is 353 g/mol. The quantitative estimate of drug-likeness (QED) is 0.800. The number of carbonyl (C=O) groups excluding carboxylic acids is 2. The first-order chi connectivity index (χ1) is 11.4. The molecule has 7 heteroatoms. The molecule has 1 aromatic carbocycles. The van der Waals surface area contributed by atoms with E-state index >= 15 is 0 Å². The number of nitrogens with one attached hydrogen (secondary N) is 1. The summed E-state index contributed by atoms with van der Waals surface area (Å²) in [6.45, 7) is 1.88. The van der Waals surface area contributed by atoms with Crippen molar-refractivity contribution in [2.45, 2.75) is 38.1 Å². The second-order valence-electron chi connectivity index (χ2n) is 6.17. The van der Waals surface area contributed by atoms with Gasteiger partial charge in [0.2, 0.25) is 0 Å². The highest BCUT2D eigenvalue weighted by Crippen LogP contribution is 2.33. The third kappa shape index (κ3) is 4.54. The standard InChI is InChI=1S/C17H21Cl2NO4/c1-11-5-7-17(8-6-11,16(22)23-2)20-15(21)10-24-14-9-12(18)3-4-13(14)19/h3-4,9,11H,5-8,10H2,1-2H3,(H,20,21). The lowest BCUT2D eigenvalue weighted by molar-refractivity contribution is -0.153. The smallest absolute Gasteiger partial charge is 0.331 e. The summed E-state index contributed by atoms with van der Waals surface area (Å²) >= 11 is 11.9. The molecule has 1 aromatic rings. The number of hydrogen-bond acceptors (Lipinski definition) is 4. The molecule has 24 heavy (non-hydrogen) atoms. The Morgan fingerprint density at radius 1 is 1.29 bits per heavy atom. The number of esters is 1. The first-order valence-electron chi connectivity index (χ1n) is 7.83. The van der Waals surface area contributed by atoms with Crippen LogP contribution in [0.4, 0.5) is 0 Å². The molecule has 0 aliphatic heterocycles. The Morgan fingerprint density at radius 2 is 1.96 bits per heavy atom. The van der Waals surface area contributed by atoms with Gasteiger partial charge in [0.1, 0.15) is 11.3 Å². The first-order valence-corrected chi connectivity index (χ1v) is 8.59. The molecule has 0 saturated heterocycles. The molecule has 0 bridgehead atoms. The van der Waals surface area contributed by atoms with E-state index < -0.39 is 17.4 Å². The lowest BCUT2D eigenvalue weighted by Crippen LogP contribution is -2.57. The molecule has 0 spiro atoms. The van der Waals surface area contributed by atoms with E-state index in [0.717, 1.165) is 12.8 Å². The molecule has 1 N–H and O–H groups in total. The van der Waals surface area contributed by atoms with Crippen LogP contribution in [0, 0.1) is 5.92 Å². The van der Waals surface area contributed by atoms with Crippen LogP contribution in [-0.2, 0) is 14.3 Å². The molecule has 0 aromatic heterocycles. The Bertz CT molecular complexity index is 613. The van der Waals surface area contributed by atoms with Gasteiger partial charge in [0.25, 0.3) is 5.91 Å². The third-order valence-electron chi connectivity index (χ3n) is 4.33. The van der Waals surface area contributed by atoms with Crippen LogP contribution in [0.5, 0.6) is 5.75 Å². The number of amides is 1. The van der Waals surface area contributed by atoms with Gasteiger partial charge in [-0.3, -0.25) is 4.79 Å². The molecular formula is C17H21Cl2NO4. The monoisotopic (exact) mass is 373 g/mol. The van der Waals surface area contributed by atoms with Crippen LogP contribution in [0.1, 0.15) is 32.6 Å². The van der Waals surface area contributed by atoms with Gasteiger partial charge >= 0.3 is 5.97 Å². The number of halogens is 2. The minimum Gasteiger partial charge on any atom is -0.482 e. The molecule has 132 valence electrons. The van der Waals surface area contributed by atoms with Crippen LogP contribution in [0.15, 0.2) is 18.2 Å². The zero-order valence-electron chi connectivity index (χ0n) is 13.7. The Labute approximate surface area is 151 Å². The number of methoxy groups -OCH3 is 1. The van der Waals surface area contributed by atoms with Crippen molar-refractivity contribution in [2.75, 3.05) is 13.7 Å². The summed E-state index contributed by atoms with van der Waals surface area (Å²) in [7, 11) is 1.33. The molecule has 1 saturated carbocycles. The zero-order chi connectivity index (χ0) is 17.7. The molecule has 0 radical (unpaired) electrons. The lowest BCUT2D eigenvalue weighted by Gasteiger charge is -2.37. The Balaban J connectivity index is 2.00. The highest BCUT2D eigenvalue weighted by molar-refractivity contribution is 6.34. The van der Waals surface area contributed by atoms with E-state index in [1.165, 1.54) is 13.2 Å². The van der Waals surface area contributed by atoms with Gasteiger partial charge in [-0.1, -0.05) is 30.1 Å². The summed E-state index contributed by atoms with van der Waals surface area (Å²) < 4.78 is 10.3. The van der Waals surface area contributed by atoms with E-state index in [0.29, 0.717) is 34.6 Å². The number of benzene rings is 1. The summed E-state index contributed by atoms with van der Waals surface area (Å²) in [6, 6.07) is 4.76. The van der Waals surface area contributed by atoms with E-state index in [1.807, 2.05) is 0 Å². The summed E-state index contributed by atoms with van der Waals surface area (Å²) in [6.07, 6.45) is 2.84. The summed E-state index contributed by atoms with van der Waals surface area (Å²) in [5.41, 5.74) is -0.972. The van der Waals surface area contributed by atoms with Gasteiger partial charge in [0.05, 0.1) is 12.1 Å². The van der Waals surface area contributed by atoms with Gasteiger partial charge in [0, 0.05) is 11.1 Å². The maximum absolute atomic E-state index is 12.3. The van der Waals surface area contributed by atoms with Crippen molar-refractivity contribution >= 4 is 35.1 Å². The van der Waals surface area contributed by atoms with Gasteiger partial charge < -0.3 is 14.8 Å². The highest BCUT2D eigenvalue weighted by Gasteiger charge is 2.43. The Hall–Kier alpha value is -1.46.